The Labute approximate surface area is 118 Å². The minimum absolute atomic E-state index is 0.0282. The van der Waals surface area contributed by atoms with Crippen LogP contribution < -0.4 is 10.2 Å². The second kappa shape index (κ2) is 4.90. The Morgan fingerprint density at radius 1 is 1.10 bits per heavy atom. The van der Waals surface area contributed by atoms with Crippen molar-refractivity contribution in [1.29, 1.82) is 0 Å². The third-order valence-electron chi connectivity index (χ3n) is 2.78. The maximum absolute atomic E-state index is 12.2. The molecule has 0 radical (unpaired) electrons. The minimum Gasteiger partial charge on any atom is -0.508 e. The van der Waals surface area contributed by atoms with Crippen molar-refractivity contribution < 1.29 is 14.3 Å². The number of para-hydroxylation sites is 1. The molecule has 0 spiro atoms. The number of aromatic hydroxyl groups is 1. The molecule has 4 nitrogen and oxygen atoms in total. The number of hydrogen-bond acceptors (Lipinski definition) is 4. The third-order valence-corrected chi connectivity index (χ3v) is 3.10. The van der Waals surface area contributed by atoms with E-state index in [4.69, 9.17) is 20.8 Å². The van der Waals surface area contributed by atoms with Gasteiger partial charge in [0.2, 0.25) is 11.2 Å². The van der Waals surface area contributed by atoms with Gasteiger partial charge in [0.25, 0.3) is 0 Å². The number of hydrogen-bond donors (Lipinski definition) is 1. The van der Waals surface area contributed by atoms with Crippen LogP contribution >= 0.6 is 11.6 Å². The second-order valence-corrected chi connectivity index (χ2v) is 4.55. The summed E-state index contributed by atoms with van der Waals surface area (Å²) in [5, 5.41) is 10.1. The summed E-state index contributed by atoms with van der Waals surface area (Å²) in [7, 11) is 0. The largest absolute Gasteiger partial charge is 0.508 e. The van der Waals surface area contributed by atoms with Crippen LogP contribution in [0.4, 0.5) is 0 Å². The number of ether oxygens (including phenoxy) is 1. The maximum Gasteiger partial charge on any atom is 0.235 e. The van der Waals surface area contributed by atoms with E-state index in [0.29, 0.717) is 21.7 Å². The monoisotopic (exact) mass is 288 g/mol. The molecule has 0 saturated carbocycles. The van der Waals surface area contributed by atoms with Crippen molar-refractivity contribution >= 4 is 22.6 Å². The number of benzene rings is 2. The van der Waals surface area contributed by atoms with Crippen LogP contribution in [-0.4, -0.2) is 5.11 Å². The van der Waals surface area contributed by atoms with E-state index in [-0.39, 0.29) is 16.9 Å². The standard InChI is InChI=1S/C15H9ClO4/c16-11-3-1-2-4-12(11)20-14-8-19-13-7-9(17)5-6-10(13)15(14)18/h1-8,17H. The minimum atomic E-state index is -0.328. The normalized spacial score (nSPS) is 10.7. The Bertz CT molecular complexity index is 839. The van der Waals surface area contributed by atoms with Gasteiger partial charge in [-0.05, 0) is 24.3 Å². The van der Waals surface area contributed by atoms with Crippen molar-refractivity contribution in [2.75, 3.05) is 0 Å². The summed E-state index contributed by atoms with van der Waals surface area (Å²) in [6, 6.07) is 11.1. The number of fused-ring (bicyclic) bond motifs is 1. The molecule has 3 rings (SSSR count). The van der Waals surface area contributed by atoms with Crippen molar-refractivity contribution in [3.05, 3.63) is 64.0 Å². The number of halogens is 1. The molecule has 0 aliphatic heterocycles. The first-order chi connectivity index (χ1) is 9.65. The summed E-state index contributed by atoms with van der Waals surface area (Å²) >= 11 is 5.97. The van der Waals surface area contributed by atoms with Crippen molar-refractivity contribution in [2.45, 2.75) is 0 Å². The predicted molar refractivity (Wildman–Crippen MR) is 75.7 cm³/mol. The molecule has 0 amide bonds. The molecule has 1 N–H and O–H groups in total. The van der Waals surface area contributed by atoms with E-state index >= 15 is 0 Å². The number of phenolic OH excluding ortho intramolecular Hbond substituents is 1. The van der Waals surface area contributed by atoms with E-state index in [1.165, 1.54) is 24.5 Å². The Morgan fingerprint density at radius 3 is 2.70 bits per heavy atom. The molecule has 0 atom stereocenters. The van der Waals surface area contributed by atoms with E-state index in [2.05, 4.69) is 0 Å². The lowest BCUT2D eigenvalue weighted by molar-refractivity contribution is 0.449. The quantitative estimate of drug-likeness (QED) is 0.776. The highest BCUT2D eigenvalue weighted by molar-refractivity contribution is 6.32. The van der Waals surface area contributed by atoms with Gasteiger partial charge < -0.3 is 14.3 Å². The predicted octanol–water partition coefficient (Wildman–Crippen LogP) is 3.94. The molecule has 0 saturated heterocycles. The van der Waals surface area contributed by atoms with Gasteiger partial charge in [0.1, 0.15) is 23.3 Å². The van der Waals surface area contributed by atoms with Crippen LogP contribution in [0, 0.1) is 0 Å². The smallest absolute Gasteiger partial charge is 0.235 e. The Hall–Kier alpha value is -2.46. The molecule has 0 bridgehead atoms. The van der Waals surface area contributed by atoms with Crippen molar-refractivity contribution in [3.8, 4) is 17.2 Å². The number of phenols is 1. The summed E-state index contributed by atoms with van der Waals surface area (Å²) in [6.45, 7) is 0. The summed E-state index contributed by atoms with van der Waals surface area (Å²) in [5.41, 5.74) is -0.0346. The molecule has 100 valence electrons. The van der Waals surface area contributed by atoms with E-state index in [0.717, 1.165) is 0 Å². The Morgan fingerprint density at radius 2 is 1.90 bits per heavy atom. The van der Waals surface area contributed by atoms with Crippen molar-refractivity contribution in [2.24, 2.45) is 0 Å². The Balaban J connectivity index is 2.09. The lowest BCUT2D eigenvalue weighted by Gasteiger charge is -2.06. The van der Waals surface area contributed by atoms with Crippen molar-refractivity contribution in [1.82, 2.24) is 0 Å². The Kier molecular flexibility index (Phi) is 3.08. The zero-order valence-corrected chi connectivity index (χ0v) is 10.9. The molecule has 0 unspecified atom stereocenters. The van der Waals surface area contributed by atoms with E-state index < -0.39 is 0 Å². The lowest BCUT2D eigenvalue weighted by atomic mass is 10.2. The van der Waals surface area contributed by atoms with E-state index in [1.54, 1.807) is 24.3 Å². The fourth-order valence-corrected chi connectivity index (χ4v) is 1.99. The first-order valence-electron chi connectivity index (χ1n) is 5.82. The van der Waals surface area contributed by atoms with Crippen LogP contribution in [0.15, 0.2) is 57.9 Å². The van der Waals surface area contributed by atoms with Crippen LogP contribution in [0.25, 0.3) is 11.0 Å². The van der Waals surface area contributed by atoms with Gasteiger partial charge in [-0.1, -0.05) is 23.7 Å². The molecule has 0 aliphatic rings. The molecule has 5 heteroatoms. The average Bonchev–Trinajstić information content (AvgIpc) is 2.44. The summed E-state index contributed by atoms with van der Waals surface area (Å²) in [6.07, 6.45) is 1.20. The van der Waals surface area contributed by atoms with Gasteiger partial charge in [0.05, 0.1) is 10.4 Å². The molecule has 20 heavy (non-hydrogen) atoms. The average molecular weight is 289 g/mol. The van der Waals surface area contributed by atoms with Gasteiger partial charge in [-0.25, -0.2) is 0 Å². The van der Waals surface area contributed by atoms with Gasteiger partial charge in [-0.3, -0.25) is 4.79 Å². The van der Waals surface area contributed by atoms with Gasteiger partial charge in [0, 0.05) is 6.07 Å². The third kappa shape index (κ3) is 2.21. The van der Waals surface area contributed by atoms with Crippen LogP contribution in [0.5, 0.6) is 17.2 Å². The van der Waals surface area contributed by atoms with Crippen LogP contribution in [-0.2, 0) is 0 Å². The van der Waals surface area contributed by atoms with E-state index in [1.807, 2.05) is 0 Å². The zero-order chi connectivity index (χ0) is 14.1. The summed E-state index contributed by atoms with van der Waals surface area (Å²) < 4.78 is 10.8. The topological polar surface area (TPSA) is 59.7 Å². The zero-order valence-electron chi connectivity index (χ0n) is 10.2. The first kappa shape index (κ1) is 12.6. The molecular formula is C15H9ClO4. The molecule has 1 aromatic heterocycles. The van der Waals surface area contributed by atoms with Crippen LogP contribution in [0.1, 0.15) is 0 Å². The summed E-state index contributed by atoms with van der Waals surface area (Å²) in [4.78, 5) is 12.2. The molecule has 0 fully saturated rings. The van der Waals surface area contributed by atoms with Gasteiger partial charge >= 0.3 is 0 Å². The van der Waals surface area contributed by atoms with Gasteiger partial charge in [-0.2, -0.15) is 0 Å². The van der Waals surface area contributed by atoms with E-state index in [9.17, 15) is 9.90 Å². The van der Waals surface area contributed by atoms with Crippen LogP contribution in [0.3, 0.4) is 0 Å². The molecular weight excluding hydrogens is 280 g/mol. The highest BCUT2D eigenvalue weighted by Gasteiger charge is 2.11. The molecule has 2 aromatic carbocycles. The fraction of sp³-hybridized carbons (Fsp3) is 0. The van der Waals surface area contributed by atoms with Gasteiger partial charge in [-0.15, -0.1) is 0 Å². The first-order valence-corrected chi connectivity index (χ1v) is 6.20. The van der Waals surface area contributed by atoms with Crippen molar-refractivity contribution in [3.63, 3.8) is 0 Å². The highest BCUT2D eigenvalue weighted by Crippen LogP contribution is 2.28. The SMILES string of the molecule is O=c1c(Oc2ccccc2Cl)coc2cc(O)ccc12. The molecule has 3 aromatic rings. The number of rotatable bonds is 2. The van der Waals surface area contributed by atoms with Gasteiger partial charge in [0.15, 0.2) is 0 Å². The maximum atomic E-state index is 12.2. The lowest BCUT2D eigenvalue weighted by Crippen LogP contribution is -2.04. The second-order valence-electron chi connectivity index (χ2n) is 4.14. The summed E-state index contributed by atoms with van der Waals surface area (Å²) in [5.74, 6) is 0.441. The highest BCUT2D eigenvalue weighted by atomic mass is 35.5. The van der Waals surface area contributed by atoms with Crippen LogP contribution in [0.2, 0.25) is 5.02 Å². The molecule has 0 aliphatic carbocycles. The fourth-order valence-electron chi connectivity index (χ4n) is 1.82. The molecule has 1 heterocycles.